The predicted octanol–water partition coefficient (Wildman–Crippen LogP) is 2.57. The van der Waals surface area contributed by atoms with Crippen molar-refractivity contribution >= 4 is 0 Å². The van der Waals surface area contributed by atoms with Crippen LogP contribution in [0.3, 0.4) is 0 Å². The van der Waals surface area contributed by atoms with E-state index >= 15 is 0 Å². The Morgan fingerprint density at radius 3 is 2.82 bits per heavy atom. The molecule has 0 aliphatic carbocycles. The minimum Gasteiger partial charge on any atom is -0.489 e. The van der Waals surface area contributed by atoms with Crippen LogP contribution in [-0.4, -0.2) is 11.2 Å². The summed E-state index contributed by atoms with van der Waals surface area (Å²) in [4.78, 5) is 0. The molecule has 0 saturated heterocycles. The molecule has 3 nitrogen and oxygen atoms in total. The molecule has 1 heterocycles. The highest BCUT2D eigenvalue weighted by molar-refractivity contribution is 5.46. The lowest BCUT2D eigenvalue weighted by atomic mass is 10.3. The van der Waals surface area contributed by atoms with E-state index in [2.05, 4.69) is 40.8 Å². The summed E-state index contributed by atoms with van der Waals surface area (Å²) in [6.45, 7) is 5.92. The molecular weight excluding hydrogens is 212 g/mol. The summed E-state index contributed by atoms with van der Waals surface area (Å²) in [7, 11) is 0. The molecule has 3 heteroatoms. The lowest BCUT2D eigenvalue weighted by Crippen LogP contribution is -2.30. The van der Waals surface area contributed by atoms with Crippen molar-refractivity contribution in [2.24, 2.45) is 0 Å². The molecule has 90 valence electrons. The van der Waals surface area contributed by atoms with Gasteiger partial charge in [0.15, 0.2) is 11.4 Å². The maximum Gasteiger partial charge on any atom is 0.249 e. The fourth-order valence-corrected chi connectivity index (χ4v) is 1.88. The standard InChI is InChI=1S/C14H19N2O/c1-3-9-15-10-11-16(12-15)13-7-5-6-8-14(13)17-4-2/h5-8,10-12H,3-4,9H2,1-2H3/q+1. The van der Waals surface area contributed by atoms with Crippen LogP contribution < -0.4 is 9.30 Å². The Hall–Kier alpha value is -1.77. The van der Waals surface area contributed by atoms with Crippen LogP contribution in [0.25, 0.3) is 5.69 Å². The van der Waals surface area contributed by atoms with Gasteiger partial charge in [-0.25, -0.2) is 4.57 Å². The van der Waals surface area contributed by atoms with Gasteiger partial charge in [0.25, 0.3) is 0 Å². The number of hydrogen-bond donors (Lipinski definition) is 0. The van der Waals surface area contributed by atoms with E-state index in [0.717, 1.165) is 24.4 Å². The van der Waals surface area contributed by atoms with Gasteiger partial charge in [-0.1, -0.05) is 19.1 Å². The maximum absolute atomic E-state index is 5.63. The highest BCUT2D eigenvalue weighted by Gasteiger charge is 2.11. The molecule has 0 spiro atoms. The Bertz CT molecular complexity index is 477. The topological polar surface area (TPSA) is 18.0 Å². The zero-order valence-corrected chi connectivity index (χ0v) is 10.5. The summed E-state index contributed by atoms with van der Waals surface area (Å²) in [5, 5.41) is 0. The van der Waals surface area contributed by atoms with Gasteiger partial charge in [0.05, 0.1) is 13.2 Å². The first-order valence-electron chi connectivity index (χ1n) is 6.14. The lowest BCUT2D eigenvalue weighted by molar-refractivity contribution is -0.696. The Kier molecular flexibility index (Phi) is 3.81. The Morgan fingerprint density at radius 1 is 1.24 bits per heavy atom. The van der Waals surface area contributed by atoms with Crippen molar-refractivity contribution in [1.82, 2.24) is 4.57 Å². The summed E-state index contributed by atoms with van der Waals surface area (Å²) in [5.41, 5.74) is 1.09. The fourth-order valence-electron chi connectivity index (χ4n) is 1.88. The minimum atomic E-state index is 0.688. The third-order valence-electron chi connectivity index (χ3n) is 2.62. The number of para-hydroxylation sites is 2. The van der Waals surface area contributed by atoms with Crippen LogP contribution in [0.1, 0.15) is 20.3 Å². The third kappa shape index (κ3) is 2.67. The van der Waals surface area contributed by atoms with Crippen LogP contribution in [0.2, 0.25) is 0 Å². The molecule has 2 aromatic rings. The van der Waals surface area contributed by atoms with Crippen LogP contribution >= 0.6 is 0 Å². The van der Waals surface area contributed by atoms with Gasteiger partial charge in [0.2, 0.25) is 6.33 Å². The number of benzene rings is 1. The van der Waals surface area contributed by atoms with Gasteiger partial charge in [0, 0.05) is 0 Å². The van der Waals surface area contributed by atoms with Crippen LogP contribution in [0.15, 0.2) is 43.0 Å². The molecule has 1 aromatic heterocycles. The molecule has 0 bridgehead atoms. The molecule has 2 rings (SSSR count). The van der Waals surface area contributed by atoms with Gasteiger partial charge in [-0.3, -0.25) is 0 Å². The first kappa shape index (κ1) is 11.7. The van der Waals surface area contributed by atoms with Crippen LogP contribution in [-0.2, 0) is 6.54 Å². The Balaban J connectivity index is 2.31. The van der Waals surface area contributed by atoms with E-state index in [1.807, 2.05) is 25.1 Å². The molecule has 17 heavy (non-hydrogen) atoms. The summed E-state index contributed by atoms with van der Waals surface area (Å²) >= 11 is 0. The number of hydrogen-bond acceptors (Lipinski definition) is 1. The van der Waals surface area contributed by atoms with Gasteiger partial charge in [-0.15, -0.1) is 0 Å². The summed E-state index contributed by atoms with van der Waals surface area (Å²) in [6, 6.07) is 8.10. The SMILES string of the molecule is CCC[n+]1ccn(-c2ccccc2OCC)c1. The molecule has 0 aliphatic rings. The van der Waals surface area contributed by atoms with Gasteiger partial charge in [-0.2, -0.15) is 4.57 Å². The smallest absolute Gasteiger partial charge is 0.249 e. The van der Waals surface area contributed by atoms with Gasteiger partial charge in [-0.05, 0) is 25.5 Å². The zero-order valence-electron chi connectivity index (χ0n) is 10.5. The van der Waals surface area contributed by atoms with Crippen molar-refractivity contribution in [3.63, 3.8) is 0 Å². The molecule has 0 atom stereocenters. The number of ether oxygens (including phenoxy) is 1. The average Bonchev–Trinajstić information content (AvgIpc) is 2.79. The number of nitrogens with zero attached hydrogens (tertiary/aromatic N) is 2. The largest absolute Gasteiger partial charge is 0.489 e. The molecule has 0 saturated carbocycles. The molecular formula is C14H19N2O+. The van der Waals surface area contributed by atoms with E-state index in [0.29, 0.717) is 6.61 Å². The second kappa shape index (κ2) is 5.53. The normalized spacial score (nSPS) is 10.5. The van der Waals surface area contributed by atoms with E-state index in [1.54, 1.807) is 0 Å². The Morgan fingerprint density at radius 2 is 2.06 bits per heavy atom. The highest BCUT2D eigenvalue weighted by atomic mass is 16.5. The van der Waals surface area contributed by atoms with Gasteiger partial charge in [0.1, 0.15) is 12.4 Å². The highest BCUT2D eigenvalue weighted by Crippen LogP contribution is 2.21. The first-order chi connectivity index (χ1) is 8.35. The summed E-state index contributed by atoms with van der Waals surface area (Å²) < 4.78 is 9.91. The van der Waals surface area contributed by atoms with Crippen molar-refractivity contribution in [2.45, 2.75) is 26.8 Å². The number of imidazole rings is 1. The van der Waals surface area contributed by atoms with E-state index in [4.69, 9.17) is 4.74 Å². The van der Waals surface area contributed by atoms with Crippen LogP contribution in [0.5, 0.6) is 5.75 Å². The van der Waals surface area contributed by atoms with Gasteiger partial charge < -0.3 is 4.74 Å². The number of aryl methyl sites for hydroxylation is 1. The average molecular weight is 231 g/mol. The van der Waals surface area contributed by atoms with E-state index in [-0.39, 0.29) is 0 Å². The maximum atomic E-state index is 5.63. The van der Waals surface area contributed by atoms with Crippen molar-refractivity contribution in [3.05, 3.63) is 43.0 Å². The van der Waals surface area contributed by atoms with Crippen LogP contribution in [0, 0.1) is 0 Å². The second-order valence-electron chi connectivity index (χ2n) is 3.96. The third-order valence-corrected chi connectivity index (χ3v) is 2.62. The number of rotatable bonds is 5. The quantitative estimate of drug-likeness (QED) is 0.723. The minimum absolute atomic E-state index is 0.688. The molecule has 1 aromatic carbocycles. The molecule has 0 aliphatic heterocycles. The summed E-state index contributed by atoms with van der Waals surface area (Å²) in [6.07, 6.45) is 7.39. The molecule has 0 radical (unpaired) electrons. The van der Waals surface area contributed by atoms with Crippen molar-refractivity contribution in [1.29, 1.82) is 0 Å². The second-order valence-corrected chi connectivity index (χ2v) is 3.96. The predicted molar refractivity (Wildman–Crippen MR) is 67.4 cm³/mol. The van der Waals surface area contributed by atoms with E-state index < -0.39 is 0 Å². The summed E-state index contributed by atoms with van der Waals surface area (Å²) in [5.74, 6) is 0.925. The number of aromatic nitrogens is 2. The monoisotopic (exact) mass is 231 g/mol. The zero-order chi connectivity index (χ0) is 12.1. The molecule has 0 N–H and O–H groups in total. The van der Waals surface area contributed by atoms with Crippen molar-refractivity contribution < 1.29 is 9.30 Å². The molecule has 0 fully saturated rings. The first-order valence-corrected chi connectivity index (χ1v) is 6.14. The van der Waals surface area contributed by atoms with E-state index in [1.165, 1.54) is 0 Å². The lowest BCUT2D eigenvalue weighted by Gasteiger charge is -2.05. The molecule has 0 amide bonds. The van der Waals surface area contributed by atoms with Gasteiger partial charge >= 0.3 is 0 Å². The fraction of sp³-hybridized carbons (Fsp3) is 0.357. The van der Waals surface area contributed by atoms with Crippen molar-refractivity contribution in [2.75, 3.05) is 6.61 Å². The Labute approximate surface area is 102 Å². The molecule has 0 unspecified atom stereocenters. The van der Waals surface area contributed by atoms with E-state index in [9.17, 15) is 0 Å². The van der Waals surface area contributed by atoms with Crippen molar-refractivity contribution in [3.8, 4) is 11.4 Å². The van der Waals surface area contributed by atoms with Crippen LogP contribution in [0.4, 0.5) is 0 Å².